The Morgan fingerprint density at radius 1 is 0.613 bits per heavy atom. The van der Waals surface area contributed by atoms with Crippen molar-refractivity contribution in [2.75, 3.05) is 16.5 Å². The zero-order valence-electron chi connectivity index (χ0n) is 60.7. The Kier molecular flexibility index (Phi) is 7.99. The number of nitrogens with zero attached hydrogens (tertiary/aromatic N) is 4. The number of benzene rings is 8. The van der Waals surface area contributed by atoms with Crippen molar-refractivity contribution in [3.63, 3.8) is 0 Å². The summed E-state index contributed by atoms with van der Waals surface area (Å²) in [7, 11) is 0. The van der Waals surface area contributed by atoms with Gasteiger partial charge in [0.05, 0.1) is 48.7 Å². The van der Waals surface area contributed by atoms with Crippen molar-refractivity contribution in [1.29, 1.82) is 0 Å². The molecule has 3 heterocycles. The Morgan fingerprint density at radius 2 is 1.31 bits per heavy atom. The van der Waals surface area contributed by atoms with E-state index in [1.54, 1.807) is 93.8 Å². The van der Waals surface area contributed by atoms with Crippen LogP contribution in [0.15, 0.2) is 194 Å². The molecule has 0 amide bonds. The summed E-state index contributed by atoms with van der Waals surface area (Å²) in [6.07, 6.45) is 1.17. The molecule has 12 rings (SSSR count). The molecule has 75 heavy (non-hydrogen) atoms. The lowest BCUT2D eigenvalue weighted by atomic mass is 9.63. The van der Waals surface area contributed by atoms with Gasteiger partial charge in [-0.2, -0.15) is 0 Å². The SMILES string of the molecule is [2H]c1c([2H])c(-c2c([2H])c([2H])c(-c3cccc(-c4c([2H])c([2H])c5c(c4[2H])C(C)(C)CCC5(C)C)c3N3CN(c4cccc(Oc5ccc6c7c([2H])c([2H])c([2H])c([2H])c7n(-c7cc(C([2H])([2H])C(C)C)ccn7)c6c5)c4)c4ccccc43)c([2H])c2[2H])c([2H])c(C(C)(C)C)c1[2H]. The molecule has 5 nitrogen and oxygen atoms in total. The summed E-state index contributed by atoms with van der Waals surface area (Å²) in [6, 6.07) is 22.9. The van der Waals surface area contributed by atoms with Gasteiger partial charge >= 0.3 is 0 Å². The highest BCUT2D eigenvalue weighted by Gasteiger charge is 2.38. The van der Waals surface area contributed by atoms with Crippen molar-refractivity contribution >= 4 is 44.6 Å². The normalized spacial score (nSPS) is 18.3. The first kappa shape index (κ1) is 32.4. The van der Waals surface area contributed by atoms with Crippen molar-refractivity contribution in [3.8, 4) is 50.7 Å². The van der Waals surface area contributed by atoms with Crippen LogP contribution in [0.1, 0.15) is 121 Å². The van der Waals surface area contributed by atoms with Gasteiger partial charge in [-0.25, -0.2) is 4.98 Å². The van der Waals surface area contributed by atoms with Crippen LogP contribution >= 0.6 is 0 Å². The summed E-state index contributed by atoms with van der Waals surface area (Å²) >= 11 is 0. The molecule has 5 heteroatoms. The van der Waals surface area contributed by atoms with Gasteiger partial charge in [0.2, 0.25) is 0 Å². The number of hydrogen-bond acceptors (Lipinski definition) is 4. The molecule has 0 atom stereocenters. The van der Waals surface area contributed by atoms with Gasteiger partial charge in [-0.3, -0.25) is 4.57 Å². The van der Waals surface area contributed by atoms with E-state index in [-0.39, 0.29) is 99.1 Å². The summed E-state index contributed by atoms with van der Waals surface area (Å²) < 4.78 is 167. The van der Waals surface area contributed by atoms with E-state index in [2.05, 4.69) is 18.8 Å². The molecular formula is C70H68N4O. The molecule has 0 saturated heterocycles. The molecule has 374 valence electrons. The topological polar surface area (TPSA) is 33.5 Å². The molecule has 0 N–H and O–H groups in total. The highest BCUT2D eigenvalue weighted by Crippen LogP contribution is 2.53. The molecule has 0 spiro atoms. The zero-order valence-corrected chi connectivity index (χ0v) is 43.7. The first-order valence-corrected chi connectivity index (χ1v) is 25.6. The molecule has 0 bridgehead atoms. The van der Waals surface area contributed by atoms with Crippen LogP contribution in [-0.4, -0.2) is 16.2 Å². The maximum absolute atomic E-state index is 10.2. The van der Waals surface area contributed by atoms with Gasteiger partial charge in [-0.05, 0) is 140 Å². The lowest BCUT2D eigenvalue weighted by Crippen LogP contribution is -2.33. The van der Waals surface area contributed by atoms with Crippen LogP contribution in [0.2, 0.25) is 0 Å². The van der Waals surface area contributed by atoms with Crippen LogP contribution in [0.5, 0.6) is 11.5 Å². The molecule has 0 fully saturated rings. The summed E-state index contributed by atoms with van der Waals surface area (Å²) in [5.74, 6) is 0.552. The first-order chi connectivity index (χ1) is 43.1. The number of aromatic nitrogens is 2. The van der Waals surface area contributed by atoms with Gasteiger partial charge in [0.15, 0.2) is 0 Å². The number of fused-ring (bicyclic) bond motifs is 5. The lowest BCUT2D eigenvalue weighted by molar-refractivity contribution is 0.332. The van der Waals surface area contributed by atoms with E-state index < -0.39 is 76.9 Å². The van der Waals surface area contributed by atoms with E-state index >= 15 is 0 Å². The molecule has 10 aromatic rings. The fraction of sp³-hybridized carbons (Fsp3) is 0.243. The van der Waals surface area contributed by atoms with Crippen molar-refractivity contribution < 1.29 is 28.0 Å². The third-order valence-corrected chi connectivity index (χ3v) is 14.5. The molecular weight excluding hydrogens is 913 g/mol. The fourth-order valence-corrected chi connectivity index (χ4v) is 10.5. The van der Waals surface area contributed by atoms with E-state index in [1.807, 2.05) is 66.1 Å². The van der Waals surface area contributed by atoms with Gasteiger partial charge in [0.25, 0.3) is 0 Å². The second kappa shape index (κ2) is 18.5. The number of ether oxygens (including phenoxy) is 1. The third kappa shape index (κ3) is 8.86. The van der Waals surface area contributed by atoms with E-state index in [0.29, 0.717) is 73.8 Å². The van der Waals surface area contributed by atoms with Crippen molar-refractivity contribution in [1.82, 2.24) is 9.55 Å². The first-order valence-electron chi connectivity index (χ1n) is 34.1. The van der Waals surface area contributed by atoms with Crippen LogP contribution in [0.25, 0.3) is 61.0 Å². The Morgan fingerprint density at radius 3 is 2.08 bits per heavy atom. The maximum Gasteiger partial charge on any atom is 0.137 e. The maximum atomic E-state index is 10.2. The largest absolute Gasteiger partial charge is 0.457 e. The van der Waals surface area contributed by atoms with Crippen molar-refractivity contribution in [3.05, 3.63) is 216 Å². The smallest absolute Gasteiger partial charge is 0.137 e. The van der Waals surface area contributed by atoms with Gasteiger partial charge in [-0.15, -0.1) is 0 Å². The van der Waals surface area contributed by atoms with E-state index in [0.717, 1.165) is 6.42 Å². The van der Waals surface area contributed by atoms with Gasteiger partial charge in [-0.1, -0.05) is 183 Å². The van der Waals surface area contributed by atoms with E-state index in [1.165, 1.54) is 6.20 Å². The van der Waals surface area contributed by atoms with Crippen LogP contribution in [0, 0.1) is 5.92 Å². The number of pyridine rings is 1. The highest BCUT2D eigenvalue weighted by molar-refractivity contribution is 6.09. The average Bonchev–Trinajstić information content (AvgIpc) is 1.18. The number of anilines is 4. The van der Waals surface area contributed by atoms with Gasteiger partial charge < -0.3 is 14.5 Å². The fourth-order valence-electron chi connectivity index (χ4n) is 10.5. The van der Waals surface area contributed by atoms with Gasteiger partial charge in [0, 0.05) is 48.7 Å². The lowest BCUT2D eigenvalue weighted by Gasteiger charge is -2.42. The zero-order chi connectivity index (χ0) is 66.7. The van der Waals surface area contributed by atoms with Crippen molar-refractivity contribution in [2.24, 2.45) is 5.92 Å². The van der Waals surface area contributed by atoms with Crippen LogP contribution in [-0.2, 0) is 22.6 Å². The minimum absolute atomic E-state index is 0.0165. The number of para-hydroxylation sites is 4. The molecule has 8 aromatic carbocycles. The van der Waals surface area contributed by atoms with Crippen molar-refractivity contribution in [2.45, 2.75) is 97.8 Å². The quantitative estimate of drug-likeness (QED) is 0.137. The molecule has 2 aliphatic rings. The Labute approximate surface area is 468 Å². The van der Waals surface area contributed by atoms with E-state index in [9.17, 15) is 11.0 Å². The summed E-state index contributed by atoms with van der Waals surface area (Å²) in [4.78, 5) is 8.60. The second-order valence-corrected chi connectivity index (χ2v) is 22.2. The molecule has 1 aliphatic carbocycles. The summed E-state index contributed by atoms with van der Waals surface area (Å²) in [5.41, 5.74) is 2.50. The molecule has 0 radical (unpaired) electrons. The predicted molar refractivity (Wildman–Crippen MR) is 316 cm³/mol. The molecule has 1 aliphatic heterocycles. The average molecular weight is 998 g/mol. The number of rotatable bonds is 10. The standard InChI is InChI=1S/C70H68N4O/c1-46(2)39-47-35-38-71-66(40-47)74-62-24-11-10-21-58(62)59-33-32-55(44-65(59)74)75-54-20-15-19-53(43-54)72-45-73(64-26-13-12-25-63(64)72)67-56(49-29-27-48(28-30-49)50-17-14-18-52(41-50)68(3,4)5)22-16-23-57(67)51-31-34-60-61(42-51)70(8,9)37-36-69(60,6)7/h10-35,38,40-44,46H,36-37,39,45H2,1-9H3/i10D,11D,14D,17D,18D,21D,24D,27D,28D,29D,30D,31D,34D,39D2,41D,42D. The molecule has 0 unspecified atom stereocenters. The summed E-state index contributed by atoms with van der Waals surface area (Å²) in [6.45, 7) is 17.0. The number of hydrogen-bond donors (Lipinski definition) is 0. The summed E-state index contributed by atoms with van der Waals surface area (Å²) in [5, 5.41) is 0.746. The second-order valence-electron chi connectivity index (χ2n) is 22.2. The minimum Gasteiger partial charge on any atom is -0.457 e. The molecule has 2 aromatic heterocycles. The van der Waals surface area contributed by atoms with Crippen LogP contribution in [0.4, 0.5) is 22.7 Å². The van der Waals surface area contributed by atoms with Crippen LogP contribution in [0.3, 0.4) is 0 Å². The van der Waals surface area contributed by atoms with Gasteiger partial charge in [0.1, 0.15) is 24.0 Å². The monoisotopic (exact) mass is 998 g/mol. The Hall–Kier alpha value is -7.89. The van der Waals surface area contributed by atoms with E-state index in [4.69, 9.17) is 17.1 Å². The highest BCUT2D eigenvalue weighted by atomic mass is 16.5. The Balaban J connectivity index is 1.03. The molecule has 0 saturated carbocycles. The predicted octanol–water partition coefficient (Wildman–Crippen LogP) is 19.1. The van der Waals surface area contributed by atoms with Crippen LogP contribution < -0.4 is 14.5 Å². The third-order valence-electron chi connectivity index (χ3n) is 14.5. The Bertz CT molecular complexity index is 4770. The minimum atomic E-state index is -1.76.